The van der Waals surface area contributed by atoms with Crippen molar-refractivity contribution >= 4 is 27.9 Å². The first kappa shape index (κ1) is 13.7. The van der Waals surface area contributed by atoms with Gasteiger partial charge in [-0.2, -0.15) is 0 Å². The fourth-order valence-electron chi connectivity index (χ4n) is 1.98. The van der Waals surface area contributed by atoms with Gasteiger partial charge in [-0.05, 0) is 33.6 Å². The Morgan fingerprint density at radius 2 is 2.37 bits per heavy atom. The molecule has 1 saturated heterocycles. The number of methoxy groups -OCH3 is 1. The van der Waals surface area contributed by atoms with E-state index in [1.807, 2.05) is 12.1 Å². The number of hydrogen-bond acceptors (Lipinski definition) is 3. The maximum Gasteiger partial charge on any atom is 0.323 e. The molecule has 2 amide bonds. The van der Waals surface area contributed by atoms with Crippen LogP contribution in [0.2, 0.25) is 0 Å². The molecule has 7 heteroatoms. The summed E-state index contributed by atoms with van der Waals surface area (Å²) >= 11 is 3.38. The van der Waals surface area contributed by atoms with Gasteiger partial charge in [0.25, 0.3) is 0 Å². The summed E-state index contributed by atoms with van der Waals surface area (Å²) in [5.74, 6) is -0.317. The van der Waals surface area contributed by atoms with Gasteiger partial charge in [-0.25, -0.2) is 4.79 Å². The van der Waals surface area contributed by atoms with Crippen molar-refractivity contribution in [3.8, 4) is 5.75 Å². The third-order valence-electron chi connectivity index (χ3n) is 2.89. The van der Waals surface area contributed by atoms with Crippen LogP contribution in [0.5, 0.6) is 5.75 Å². The topological polar surface area (TPSA) is 78.9 Å². The summed E-state index contributed by atoms with van der Waals surface area (Å²) in [7, 11) is 1.58. The van der Waals surface area contributed by atoms with Crippen molar-refractivity contribution < 1.29 is 19.4 Å². The van der Waals surface area contributed by atoms with Gasteiger partial charge in [0.1, 0.15) is 12.3 Å². The standard InChI is InChI=1S/C12H13BrN2O4/c1-19-10-3-2-7(4-8(10)13)9-5-15(6-11(16)17)12(18)14-9/h2-4,9H,5-6H2,1H3,(H,14,18)(H,16,17). The number of amides is 2. The normalized spacial score (nSPS) is 18.3. The minimum Gasteiger partial charge on any atom is -0.496 e. The van der Waals surface area contributed by atoms with Crippen LogP contribution in [-0.2, 0) is 4.79 Å². The summed E-state index contributed by atoms with van der Waals surface area (Å²) in [6.07, 6.45) is 0. The van der Waals surface area contributed by atoms with E-state index in [9.17, 15) is 9.59 Å². The monoisotopic (exact) mass is 328 g/mol. The highest BCUT2D eigenvalue weighted by atomic mass is 79.9. The van der Waals surface area contributed by atoms with Crippen LogP contribution in [0.25, 0.3) is 0 Å². The van der Waals surface area contributed by atoms with Crippen LogP contribution in [0.4, 0.5) is 4.79 Å². The minimum atomic E-state index is -1.02. The first-order valence-corrected chi connectivity index (χ1v) is 6.41. The third kappa shape index (κ3) is 2.98. The molecule has 2 rings (SSSR count). The lowest BCUT2D eigenvalue weighted by molar-refractivity contribution is -0.137. The number of nitrogens with zero attached hydrogens (tertiary/aromatic N) is 1. The minimum absolute atomic E-state index is 0.214. The number of rotatable bonds is 4. The van der Waals surface area contributed by atoms with Crippen molar-refractivity contribution in [3.05, 3.63) is 28.2 Å². The van der Waals surface area contributed by atoms with Gasteiger partial charge >= 0.3 is 12.0 Å². The van der Waals surface area contributed by atoms with E-state index >= 15 is 0 Å². The van der Waals surface area contributed by atoms with Crippen LogP contribution >= 0.6 is 15.9 Å². The summed E-state index contributed by atoms with van der Waals surface area (Å²) in [5, 5.41) is 11.5. The average Bonchev–Trinajstić information content (AvgIpc) is 2.70. The summed E-state index contributed by atoms with van der Waals surface area (Å²) in [4.78, 5) is 23.5. The molecule has 1 aliphatic rings. The van der Waals surface area contributed by atoms with Gasteiger partial charge in [-0.15, -0.1) is 0 Å². The molecule has 0 spiro atoms. The van der Waals surface area contributed by atoms with Crippen molar-refractivity contribution in [2.24, 2.45) is 0 Å². The Bertz CT molecular complexity index is 520. The molecule has 1 fully saturated rings. The van der Waals surface area contributed by atoms with Crippen LogP contribution in [0, 0.1) is 0 Å². The molecule has 19 heavy (non-hydrogen) atoms. The van der Waals surface area contributed by atoms with E-state index in [4.69, 9.17) is 9.84 Å². The highest BCUT2D eigenvalue weighted by Crippen LogP contribution is 2.29. The van der Waals surface area contributed by atoms with Crippen LogP contribution in [0.1, 0.15) is 11.6 Å². The third-order valence-corrected chi connectivity index (χ3v) is 3.51. The van der Waals surface area contributed by atoms with E-state index in [-0.39, 0.29) is 18.6 Å². The Labute approximate surface area is 118 Å². The lowest BCUT2D eigenvalue weighted by Gasteiger charge is -2.13. The zero-order valence-corrected chi connectivity index (χ0v) is 11.8. The maximum absolute atomic E-state index is 11.6. The molecule has 0 saturated carbocycles. The molecular formula is C12H13BrN2O4. The number of nitrogens with one attached hydrogen (secondary N) is 1. The highest BCUT2D eigenvalue weighted by molar-refractivity contribution is 9.10. The summed E-state index contributed by atoms with van der Waals surface area (Å²) < 4.78 is 5.93. The second-order valence-electron chi connectivity index (χ2n) is 4.17. The second kappa shape index (κ2) is 5.48. The molecule has 1 unspecified atom stereocenters. The Hall–Kier alpha value is -1.76. The molecule has 2 N–H and O–H groups in total. The number of carbonyl (C=O) groups excluding carboxylic acids is 1. The van der Waals surface area contributed by atoms with Gasteiger partial charge in [0.15, 0.2) is 0 Å². The highest BCUT2D eigenvalue weighted by Gasteiger charge is 2.31. The number of benzene rings is 1. The molecule has 102 valence electrons. The van der Waals surface area contributed by atoms with Crippen molar-refractivity contribution in [1.29, 1.82) is 0 Å². The molecule has 1 atom stereocenters. The van der Waals surface area contributed by atoms with Gasteiger partial charge < -0.3 is 20.1 Å². The Balaban J connectivity index is 2.14. The lowest BCUT2D eigenvalue weighted by atomic mass is 10.1. The number of urea groups is 1. The molecule has 0 bridgehead atoms. The molecule has 0 aliphatic carbocycles. The predicted octanol–water partition coefficient (Wildman–Crippen LogP) is 1.61. The summed E-state index contributed by atoms with van der Waals surface area (Å²) in [6, 6.07) is 4.92. The predicted molar refractivity (Wildman–Crippen MR) is 71.2 cm³/mol. The van der Waals surface area contributed by atoms with Crippen LogP contribution in [0.15, 0.2) is 22.7 Å². The number of carbonyl (C=O) groups is 2. The van der Waals surface area contributed by atoms with Crippen LogP contribution < -0.4 is 10.1 Å². The molecule has 0 aromatic heterocycles. The van der Waals surface area contributed by atoms with Crippen molar-refractivity contribution in [2.45, 2.75) is 6.04 Å². The zero-order chi connectivity index (χ0) is 14.0. The van der Waals surface area contributed by atoms with E-state index in [2.05, 4.69) is 21.2 Å². The largest absolute Gasteiger partial charge is 0.496 e. The number of carboxylic acid groups (broad SMARTS) is 1. The van der Waals surface area contributed by atoms with E-state index in [0.29, 0.717) is 12.3 Å². The van der Waals surface area contributed by atoms with Gasteiger partial charge in [0.05, 0.1) is 17.6 Å². The molecule has 0 radical (unpaired) electrons. The maximum atomic E-state index is 11.6. The van der Waals surface area contributed by atoms with E-state index in [0.717, 1.165) is 10.0 Å². The molecule has 1 aliphatic heterocycles. The Morgan fingerprint density at radius 3 is 2.95 bits per heavy atom. The van der Waals surface area contributed by atoms with E-state index in [1.54, 1.807) is 13.2 Å². The Kier molecular flexibility index (Phi) is 3.94. The molecule has 1 heterocycles. The number of carboxylic acids is 1. The summed E-state index contributed by atoms with van der Waals surface area (Å²) in [6.45, 7) is 0.0452. The molecule has 1 aromatic carbocycles. The smallest absolute Gasteiger partial charge is 0.323 e. The number of aliphatic carboxylic acids is 1. The SMILES string of the molecule is COc1ccc(C2CN(CC(=O)O)C(=O)N2)cc1Br. The van der Waals surface area contributed by atoms with Crippen molar-refractivity contribution in [2.75, 3.05) is 20.2 Å². The molecule has 1 aromatic rings. The number of hydrogen-bond donors (Lipinski definition) is 2. The number of halogens is 1. The van der Waals surface area contributed by atoms with Gasteiger partial charge in [0, 0.05) is 6.54 Å². The number of ether oxygens (including phenoxy) is 1. The van der Waals surface area contributed by atoms with Crippen LogP contribution in [-0.4, -0.2) is 42.2 Å². The first-order chi connectivity index (χ1) is 9.01. The average molecular weight is 329 g/mol. The van der Waals surface area contributed by atoms with E-state index in [1.165, 1.54) is 4.90 Å². The molecular weight excluding hydrogens is 316 g/mol. The second-order valence-corrected chi connectivity index (χ2v) is 5.02. The fourth-order valence-corrected chi connectivity index (χ4v) is 2.54. The van der Waals surface area contributed by atoms with Crippen molar-refractivity contribution in [3.63, 3.8) is 0 Å². The van der Waals surface area contributed by atoms with Crippen LogP contribution in [0.3, 0.4) is 0 Å². The molecule has 6 nitrogen and oxygen atoms in total. The quantitative estimate of drug-likeness (QED) is 0.880. The summed E-state index contributed by atoms with van der Waals surface area (Å²) in [5.41, 5.74) is 0.897. The van der Waals surface area contributed by atoms with Gasteiger partial charge in [0.2, 0.25) is 0 Å². The fraction of sp³-hybridized carbons (Fsp3) is 0.333. The van der Waals surface area contributed by atoms with Gasteiger partial charge in [-0.1, -0.05) is 6.07 Å². The zero-order valence-electron chi connectivity index (χ0n) is 10.2. The van der Waals surface area contributed by atoms with Crippen molar-refractivity contribution in [1.82, 2.24) is 10.2 Å². The van der Waals surface area contributed by atoms with Gasteiger partial charge in [-0.3, -0.25) is 4.79 Å². The first-order valence-electron chi connectivity index (χ1n) is 5.62. The van der Waals surface area contributed by atoms with E-state index < -0.39 is 5.97 Å². The lowest BCUT2D eigenvalue weighted by Crippen LogP contribution is -2.32. The Morgan fingerprint density at radius 1 is 1.63 bits per heavy atom.